The minimum absolute atomic E-state index is 0.197. The molecule has 1 atom stereocenters. The van der Waals surface area contributed by atoms with Crippen LogP contribution in [0.15, 0.2) is 16.6 Å². The maximum Gasteiger partial charge on any atom is 0.170 e. The lowest BCUT2D eigenvalue weighted by molar-refractivity contribution is 0.427. The maximum atomic E-state index is 13.3. The van der Waals surface area contributed by atoms with Gasteiger partial charge in [0.15, 0.2) is 11.6 Å². The third-order valence-electron chi connectivity index (χ3n) is 1.73. The molecule has 0 aromatic heterocycles. The highest BCUT2D eigenvalue weighted by Crippen LogP contribution is 2.31. The number of aromatic hydroxyl groups is 1. The van der Waals surface area contributed by atoms with Gasteiger partial charge in [0.25, 0.3) is 0 Å². The first kappa shape index (κ1) is 10.0. The Bertz CT molecular complexity index is 373. The lowest BCUT2D eigenvalue weighted by Crippen LogP contribution is -1.96. The maximum absolute atomic E-state index is 13.3. The van der Waals surface area contributed by atoms with Gasteiger partial charge in [0.1, 0.15) is 0 Å². The second-order valence-electron chi connectivity index (χ2n) is 2.64. The van der Waals surface area contributed by atoms with Gasteiger partial charge < -0.3 is 5.11 Å². The first-order valence-electron chi connectivity index (χ1n) is 3.64. The van der Waals surface area contributed by atoms with Crippen LogP contribution in [-0.2, 0) is 0 Å². The van der Waals surface area contributed by atoms with Crippen LogP contribution < -0.4 is 0 Å². The summed E-state index contributed by atoms with van der Waals surface area (Å²) in [5, 5.41) is 17.7. The number of phenolic OH excluding ortho intramolecular Hbond substituents is 1. The van der Waals surface area contributed by atoms with Crippen molar-refractivity contribution in [2.45, 2.75) is 12.8 Å². The highest BCUT2D eigenvalue weighted by atomic mass is 79.9. The van der Waals surface area contributed by atoms with Crippen LogP contribution in [0.5, 0.6) is 5.75 Å². The monoisotopic (exact) mass is 243 g/mol. The molecular formula is C9H7BrFNO. The van der Waals surface area contributed by atoms with Crippen molar-refractivity contribution in [2.24, 2.45) is 0 Å². The van der Waals surface area contributed by atoms with E-state index in [9.17, 15) is 4.39 Å². The Hall–Kier alpha value is -1.08. The van der Waals surface area contributed by atoms with E-state index in [1.165, 1.54) is 12.1 Å². The molecule has 13 heavy (non-hydrogen) atoms. The molecule has 0 fully saturated rings. The minimum Gasteiger partial charge on any atom is -0.505 e. The number of hydrogen-bond donors (Lipinski definition) is 1. The number of nitrogens with zero attached hydrogens (tertiary/aromatic N) is 1. The summed E-state index contributed by atoms with van der Waals surface area (Å²) in [5.41, 5.74) is 0.197. The van der Waals surface area contributed by atoms with Crippen molar-refractivity contribution in [3.63, 3.8) is 0 Å². The Balaban J connectivity index is 3.35. The SMILES string of the molecule is CC(C#N)c1c(Br)ccc(O)c1F. The van der Waals surface area contributed by atoms with E-state index < -0.39 is 17.5 Å². The molecule has 0 aliphatic heterocycles. The third-order valence-corrected chi connectivity index (χ3v) is 2.42. The zero-order valence-electron chi connectivity index (χ0n) is 6.88. The van der Waals surface area contributed by atoms with Gasteiger partial charge in [0, 0.05) is 10.0 Å². The van der Waals surface area contributed by atoms with E-state index in [4.69, 9.17) is 10.4 Å². The van der Waals surface area contributed by atoms with Crippen LogP contribution in [0.2, 0.25) is 0 Å². The topological polar surface area (TPSA) is 44.0 Å². The van der Waals surface area contributed by atoms with Crippen LogP contribution in [0.25, 0.3) is 0 Å². The van der Waals surface area contributed by atoms with Crippen molar-refractivity contribution >= 4 is 15.9 Å². The van der Waals surface area contributed by atoms with E-state index in [0.29, 0.717) is 4.47 Å². The summed E-state index contributed by atoms with van der Waals surface area (Å²) in [6, 6.07) is 4.67. The van der Waals surface area contributed by atoms with Crippen LogP contribution in [0.1, 0.15) is 18.4 Å². The first-order valence-corrected chi connectivity index (χ1v) is 4.43. The number of benzene rings is 1. The molecule has 2 nitrogen and oxygen atoms in total. The summed E-state index contributed by atoms with van der Waals surface area (Å²) in [6.45, 7) is 1.57. The fraction of sp³-hybridized carbons (Fsp3) is 0.222. The van der Waals surface area contributed by atoms with Gasteiger partial charge in [-0.2, -0.15) is 5.26 Å². The smallest absolute Gasteiger partial charge is 0.170 e. The molecule has 0 spiro atoms. The fourth-order valence-electron chi connectivity index (χ4n) is 1.02. The molecule has 1 N–H and O–H groups in total. The highest BCUT2D eigenvalue weighted by molar-refractivity contribution is 9.10. The Morgan fingerprint density at radius 3 is 2.77 bits per heavy atom. The molecule has 0 aliphatic rings. The van der Waals surface area contributed by atoms with Crippen LogP contribution >= 0.6 is 15.9 Å². The molecule has 0 saturated heterocycles. The van der Waals surface area contributed by atoms with Gasteiger partial charge in [0.05, 0.1) is 12.0 Å². The Labute approximate surface area is 83.7 Å². The van der Waals surface area contributed by atoms with Gasteiger partial charge in [0.2, 0.25) is 0 Å². The quantitative estimate of drug-likeness (QED) is 0.825. The summed E-state index contributed by atoms with van der Waals surface area (Å²) < 4.78 is 13.8. The summed E-state index contributed by atoms with van der Waals surface area (Å²) in [6.07, 6.45) is 0. The van der Waals surface area contributed by atoms with Crippen LogP contribution in [0.4, 0.5) is 4.39 Å². The molecule has 0 heterocycles. The predicted octanol–water partition coefficient (Wildman–Crippen LogP) is 2.92. The molecule has 1 aromatic rings. The van der Waals surface area contributed by atoms with Gasteiger partial charge in [-0.1, -0.05) is 15.9 Å². The molecule has 68 valence electrons. The van der Waals surface area contributed by atoms with Crippen molar-refractivity contribution < 1.29 is 9.50 Å². The molecular weight excluding hydrogens is 237 g/mol. The zero-order valence-corrected chi connectivity index (χ0v) is 8.47. The highest BCUT2D eigenvalue weighted by Gasteiger charge is 2.16. The Morgan fingerprint density at radius 2 is 2.23 bits per heavy atom. The molecule has 0 saturated carbocycles. The standard InChI is InChI=1S/C9H7BrFNO/c1-5(4-12)8-6(10)2-3-7(13)9(8)11/h2-3,5,13H,1H3. The molecule has 1 aromatic carbocycles. The molecule has 0 aliphatic carbocycles. The molecule has 0 radical (unpaired) electrons. The largest absolute Gasteiger partial charge is 0.505 e. The summed E-state index contributed by atoms with van der Waals surface area (Å²) in [7, 11) is 0. The van der Waals surface area contributed by atoms with Crippen LogP contribution in [-0.4, -0.2) is 5.11 Å². The van der Waals surface area contributed by atoms with Gasteiger partial charge in [-0.15, -0.1) is 0 Å². The second-order valence-corrected chi connectivity index (χ2v) is 3.50. The number of hydrogen-bond acceptors (Lipinski definition) is 2. The molecule has 0 bridgehead atoms. The molecule has 1 rings (SSSR count). The third kappa shape index (κ3) is 1.81. The van der Waals surface area contributed by atoms with Crippen LogP contribution in [0, 0.1) is 17.1 Å². The van der Waals surface area contributed by atoms with Crippen molar-refractivity contribution in [1.29, 1.82) is 5.26 Å². The summed E-state index contributed by atoms with van der Waals surface area (Å²) in [4.78, 5) is 0. The van der Waals surface area contributed by atoms with Gasteiger partial charge in [-0.3, -0.25) is 0 Å². The van der Waals surface area contributed by atoms with E-state index in [0.717, 1.165) is 0 Å². The Morgan fingerprint density at radius 1 is 1.62 bits per heavy atom. The summed E-state index contributed by atoms with van der Waals surface area (Å²) >= 11 is 3.12. The van der Waals surface area contributed by atoms with E-state index in [-0.39, 0.29) is 5.56 Å². The Kier molecular flexibility index (Phi) is 2.89. The zero-order chi connectivity index (χ0) is 10.0. The first-order chi connectivity index (χ1) is 6.07. The number of rotatable bonds is 1. The van der Waals surface area contributed by atoms with Crippen LogP contribution in [0.3, 0.4) is 0 Å². The normalized spacial score (nSPS) is 12.2. The van der Waals surface area contributed by atoms with E-state index in [1.807, 2.05) is 6.07 Å². The van der Waals surface area contributed by atoms with E-state index in [1.54, 1.807) is 6.92 Å². The molecule has 0 amide bonds. The average molecular weight is 244 g/mol. The fourth-order valence-corrected chi connectivity index (χ4v) is 1.67. The minimum atomic E-state index is -0.733. The molecule has 4 heteroatoms. The lowest BCUT2D eigenvalue weighted by Gasteiger charge is -2.08. The van der Waals surface area contributed by atoms with Crippen molar-refractivity contribution in [2.75, 3.05) is 0 Å². The average Bonchev–Trinajstić information content (AvgIpc) is 2.12. The lowest BCUT2D eigenvalue weighted by atomic mass is 10.0. The van der Waals surface area contributed by atoms with Crippen molar-refractivity contribution in [1.82, 2.24) is 0 Å². The van der Waals surface area contributed by atoms with E-state index in [2.05, 4.69) is 15.9 Å². The van der Waals surface area contributed by atoms with Gasteiger partial charge in [-0.05, 0) is 19.1 Å². The van der Waals surface area contributed by atoms with Gasteiger partial charge in [-0.25, -0.2) is 4.39 Å². The number of phenols is 1. The van der Waals surface area contributed by atoms with E-state index >= 15 is 0 Å². The molecule has 1 unspecified atom stereocenters. The summed E-state index contributed by atoms with van der Waals surface area (Å²) in [5.74, 6) is -1.75. The van der Waals surface area contributed by atoms with Crippen molar-refractivity contribution in [3.05, 3.63) is 28.0 Å². The number of nitriles is 1. The van der Waals surface area contributed by atoms with Gasteiger partial charge >= 0.3 is 0 Å². The number of halogens is 2. The van der Waals surface area contributed by atoms with Crippen molar-refractivity contribution in [3.8, 4) is 11.8 Å². The predicted molar refractivity (Wildman–Crippen MR) is 49.8 cm³/mol. The second kappa shape index (κ2) is 3.75.